The number of hydrogen-bond acceptors (Lipinski definition) is 7. The molecule has 2 fully saturated rings. The van der Waals surface area contributed by atoms with E-state index in [9.17, 15) is 19.2 Å². The molecule has 4 N–H and O–H groups in total. The van der Waals surface area contributed by atoms with Crippen LogP contribution in [0.5, 0.6) is 0 Å². The SMILES string of the molecule is NC1(CNCc2cccc3c2C(=O)N(C2CCC(=O)NC2=O)C3=O)CCOC1. The van der Waals surface area contributed by atoms with Gasteiger partial charge in [0.25, 0.3) is 11.8 Å². The van der Waals surface area contributed by atoms with E-state index in [1.54, 1.807) is 18.2 Å². The maximum absolute atomic E-state index is 13.0. The number of amides is 4. The Labute approximate surface area is 161 Å². The number of benzene rings is 1. The molecule has 28 heavy (non-hydrogen) atoms. The van der Waals surface area contributed by atoms with Crippen LogP contribution in [0.15, 0.2) is 18.2 Å². The van der Waals surface area contributed by atoms with E-state index in [1.807, 2.05) is 0 Å². The Balaban J connectivity index is 1.52. The van der Waals surface area contributed by atoms with Crippen molar-refractivity contribution < 1.29 is 23.9 Å². The minimum atomic E-state index is -0.964. The fourth-order valence-corrected chi connectivity index (χ4v) is 3.94. The molecule has 1 aromatic rings. The van der Waals surface area contributed by atoms with E-state index in [4.69, 9.17) is 10.5 Å². The number of nitrogens with zero attached hydrogens (tertiary/aromatic N) is 1. The normalized spacial score (nSPS) is 27.3. The number of fused-ring (bicyclic) bond motifs is 1. The van der Waals surface area contributed by atoms with Crippen LogP contribution in [0, 0.1) is 0 Å². The lowest BCUT2D eigenvalue weighted by Gasteiger charge is -2.27. The highest BCUT2D eigenvalue weighted by atomic mass is 16.5. The summed E-state index contributed by atoms with van der Waals surface area (Å²) in [7, 11) is 0. The van der Waals surface area contributed by atoms with Gasteiger partial charge in [0, 0.05) is 26.1 Å². The van der Waals surface area contributed by atoms with Gasteiger partial charge in [0.15, 0.2) is 0 Å². The summed E-state index contributed by atoms with van der Waals surface area (Å²) in [4.78, 5) is 50.3. The molecule has 9 nitrogen and oxygen atoms in total. The number of ether oxygens (including phenoxy) is 1. The molecule has 9 heteroatoms. The van der Waals surface area contributed by atoms with Crippen LogP contribution >= 0.6 is 0 Å². The molecule has 0 aliphatic carbocycles. The zero-order valence-electron chi connectivity index (χ0n) is 15.3. The third kappa shape index (κ3) is 3.21. The van der Waals surface area contributed by atoms with Gasteiger partial charge in [0.2, 0.25) is 11.8 Å². The summed E-state index contributed by atoms with van der Waals surface area (Å²) >= 11 is 0. The van der Waals surface area contributed by atoms with Crippen LogP contribution in [-0.2, 0) is 20.9 Å². The number of nitrogens with two attached hydrogens (primary N) is 1. The second-order valence-corrected chi connectivity index (χ2v) is 7.56. The highest BCUT2D eigenvalue weighted by molar-refractivity contribution is 6.24. The maximum atomic E-state index is 13.0. The number of hydrogen-bond donors (Lipinski definition) is 3. The van der Waals surface area contributed by atoms with Crippen LogP contribution in [-0.4, -0.2) is 59.9 Å². The van der Waals surface area contributed by atoms with Gasteiger partial charge in [-0.25, -0.2) is 0 Å². The molecular formula is C19H22N4O5. The van der Waals surface area contributed by atoms with Gasteiger partial charge in [-0.1, -0.05) is 12.1 Å². The zero-order valence-corrected chi connectivity index (χ0v) is 15.3. The molecule has 1 aromatic carbocycles. The van der Waals surface area contributed by atoms with Gasteiger partial charge in [-0.3, -0.25) is 29.4 Å². The summed E-state index contributed by atoms with van der Waals surface area (Å²) in [6, 6.07) is 4.11. The molecule has 2 saturated heterocycles. The summed E-state index contributed by atoms with van der Waals surface area (Å²) < 4.78 is 5.33. The standard InChI is InChI=1S/C19H22N4O5/c20-19(6-7-28-10-19)9-21-8-11-2-1-3-12-15(11)18(27)23(17(12)26)13-4-5-14(24)22-16(13)25/h1-3,13,21H,4-10,20H2,(H,22,24,25). The third-order valence-corrected chi connectivity index (χ3v) is 5.48. The lowest BCUT2D eigenvalue weighted by molar-refractivity contribution is -0.136. The Morgan fingerprint density at radius 1 is 1.25 bits per heavy atom. The largest absolute Gasteiger partial charge is 0.379 e. The first-order valence-electron chi connectivity index (χ1n) is 9.30. The number of nitrogens with one attached hydrogen (secondary N) is 2. The van der Waals surface area contributed by atoms with Crippen LogP contribution in [0.25, 0.3) is 0 Å². The maximum Gasteiger partial charge on any atom is 0.262 e. The van der Waals surface area contributed by atoms with Crippen molar-refractivity contribution >= 4 is 23.6 Å². The number of imide groups is 2. The molecule has 0 aromatic heterocycles. The molecular weight excluding hydrogens is 364 g/mol. The molecule has 0 saturated carbocycles. The van der Waals surface area contributed by atoms with Crippen molar-refractivity contribution in [3.05, 3.63) is 34.9 Å². The summed E-state index contributed by atoms with van der Waals surface area (Å²) in [5.74, 6) is -2.01. The van der Waals surface area contributed by atoms with Crippen LogP contribution in [0.2, 0.25) is 0 Å². The van der Waals surface area contributed by atoms with Crippen molar-refractivity contribution in [2.45, 2.75) is 37.4 Å². The lowest BCUT2D eigenvalue weighted by Crippen LogP contribution is -2.54. The highest BCUT2D eigenvalue weighted by Crippen LogP contribution is 2.30. The quantitative estimate of drug-likeness (QED) is 0.570. The Bertz CT molecular complexity index is 862. The Hall–Kier alpha value is -2.62. The van der Waals surface area contributed by atoms with Crippen LogP contribution in [0.3, 0.4) is 0 Å². The average Bonchev–Trinajstić information content (AvgIpc) is 3.19. The minimum Gasteiger partial charge on any atom is -0.379 e. The van der Waals surface area contributed by atoms with E-state index in [1.165, 1.54) is 0 Å². The first-order chi connectivity index (χ1) is 13.4. The fourth-order valence-electron chi connectivity index (χ4n) is 3.94. The van der Waals surface area contributed by atoms with Crippen LogP contribution in [0.1, 0.15) is 45.5 Å². The van der Waals surface area contributed by atoms with E-state index < -0.39 is 35.2 Å². The molecule has 4 rings (SSSR count). The van der Waals surface area contributed by atoms with Gasteiger partial charge in [0.05, 0.1) is 23.3 Å². The molecule has 148 valence electrons. The van der Waals surface area contributed by atoms with E-state index in [0.717, 1.165) is 11.3 Å². The van der Waals surface area contributed by atoms with Gasteiger partial charge < -0.3 is 15.8 Å². The summed E-state index contributed by atoms with van der Waals surface area (Å²) in [5, 5.41) is 5.44. The number of carbonyl (C=O) groups excluding carboxylic acids is 4. The van der Waals surface area contributed by atoms with Gasteiger partial charge in [0.1, 0.15) is 6.04 Å². The first-order valence-corrected chi connectivity index (χ1v) is 9.30. The van der Waals surface area contributed by atoms with E-state index >= 15 is 0 Å². The predicted molar refractivity (Wildman–Crippen MR) is 97.2 cm³/mol. The Morgan fingerprint density at radius 2 is 2.07 bits per heavy atom. The van der Waals surface area contributed by atoms with Crippen molar-refractivity contribution in [1.29, 1.82) is 0 Å². The second-order valence-electron chi connectivity index (χ2n) is 7.56. The Kier molecular flexibility index (Phi) is 4.74. The van der Waals surface area contributed by atoms with Crippen molar-refractivity contribution in [3.8, 4) is 0 Å². The smallest absolute Gasteiger partial charge is 0.262 e. The van der Waals surface area contributed by atoms with Crippen LogP contribution < -0.4 is 16.4 Å². The molecule has 3 aliphatic rings. The number of carbonyl (C=O) groups is 4. The fraction of sp³-hybridized carbons (Fsp3) is 0.474. The number of piperidine rings is 1. The molecule has 4 amide bonds. The molecule has 3 aliphatic heterocycles. The summed E-state index contributed by atoms with van der Waals surface area (Å²) in [6.07, 6.45) is 0.992. The van der Waals surface area contributed by atoms with Crippen molar-refractivity contribution in [2.24, 2.45) is 5.73 Å². The molecule has 0 spiro atoms. The van der Waals surface area contributed by atoms with E-state index in [-0.39, 0.29) is 18.4 Å². The molecule has 0 bridgehead atoms. The predicted octanol–water partition coefficient (Wildman–Crippen LogP) is -0.705. The highest BCUT2D eigenvalue weighted by Gasteiger charge is 2.45. The first kappa shape index (κ1) is 18.7. The van der Waals surface area contributed by atoms with Gasteiger partial charge in [-0.05, 0) is 24.5 Å². The van der Waals surface area contributed by atoms with E-state index in [0.29, 0.717) is 37.4 Å². The van der Waals surface area contributed by atoms with Crippen LogP contribution in [0.4, 0.5) is 0 Å². The molecule has 3 heterocycles. The summed E-state index contributed by atoms with van der Waals surface area (Å²) in [5.41, 5.74) is 7.07. The average molecular weight is 386 g/mol. The lowest BCUT2D eigenvalue weighted by atomic mass is 9.99. The number of rotatable bonds is 5. The van der Waals surface area contributed by atoms with Gasteiger partial charge in [-0.15, -0.1) is 0 Å². The monoisotopic (exact) mass is 386 g/mol. The zero-order chi connectivity index (χ0) is 19.9. The molecule has 2 atom stereocenters. The summed E-state index contributed by atoms with van der Waals surface area (Å²) in [6.45, 7) is 2.00. The molecule has 2 unspecified atom stereocenters. The van der Waals surface area contributed by atoms with Crippen molar-refractivity contribution in [1.82, 2.24) is 15.5 Å². The Morgan fingerprint density at radius 3 is 2.79 bits per heavy atom. The van der Waals surface area contributed by atoms with E-state index in [2.05, 4.69) is 10.6 Å². The van der Waals surface area contributed by atoms with Crippen molar-refractivity contribution in [2.75, 3.05) is 19.8 Å². The second kappa shape index (κ2) is 7.08. The third-order valence-electron chi connectivity index (χ3n) is 5.48. The minimum absolute atomic E-state index is 0.0961. The topological polar surface area (TPSA) is 131 Å². The van der Waals surface area contributed by atoms with Crippen molar-refractivity contribution in [3.63, 3.8) is 0 Å². The van der Waals surface area contributed by atoms with Gasteiger partial charge in [-0.2, -0.15) is 0 Å². The molecule has 0 radical (unpaired) electrons. The van der Waals surface area contributed by atoms with Gasteiger partial charge >= 0.3 is 0 Å².